The van der Waals surface area contributed by atoms with Gasteiger partial charge in [-0.1, -0.05) is 0 Å². The lowest BCUT2D eigenvalue weighted by Crippen LogP contribution is -2.61. The van der Waals surface area contributed by atoms with Crippen LogP contribution in [0.1, 0.15) is 0 Å². The summed E-state index contributed by atoms with van der Waals surface area (Å²) in [5.41, 5.74) is 0. The summed E-state index contributed by atoms with van der Waals surface area (Å²) >= 11 is 0. The third-order valence-electron chi connectivity index (χ3n) is 3.81. The van der Waals surface area contributed by atoms with Crippen molar-refractivity contribution >= 4 is 17.5 Å². The summed E-state index contributed by atoms with van der Waals surface area (Å²) in [7, 11) is 3.22. The first kappa shape index (κ1) is 18.2. The first-order chi connectivity index (χ1) is 9.62. The molecule has 0 saturated carbocycles. The minimum Gasteiger partial charge on any atom is -0.386 e. The van der Waals surface area contributed by atoms with Gasteiger partial charge in [-0.2, -0.15) is 0 Å². The third-order valence-corrected chi connectivity index (χ3v) is 10.6. The summed E-state index contributed by atoms with van der Waals surface area (Å²) in [6.45, 7) is 3.08. The zero-order chi connectivity index (χ0) is 15.1. The molecule has 0 radical (unpaired) electrons. The molecule has 120 valence electrons. The highest BCUT2D eigenvalue weighted by molar-refractivity contribution is 6.68. The summed E-state index contributed by atoms with van der Waals surface area (Å²) in [4.78, 5) is 0. The predicted octanol–water partition coefficient (Wildman–Crippen LogP) is 0.428. The monoisotopic (exact) mass is 325 g/mol. The van der Waals surface area contributed by atoms with Gasteiger partial charge in [0.2, 0.25) is 0 Å². The van der Waals surface area contributed by atoms with E-state index in [1.807, 2.05) is 0 Å². The van der Waals surface area contributed by atoms with Crippen molar-refractivity contribution in [2.45, 2.75) is 12.1 Å². The molecular formula is C11H27NO6Si2. The van der Waals surface area contributed by atoms with Gasteiger partial charge in [0.05, 0.1) is 13.2 Å². The van der Waals surface area contributed by atoms with Crippen molar-refractivity contribution < 1.29 is 26.9 Å². The predicted molar refractivity (Wildman–Crippen MR) is 78.6 cm³/mol. The fraction of sp³-hybridized carbons (Fsp3) is 1.00. The summed E-state index contributed by atoms with van der Waals surface area (Å²) in [5, 5.41) is 0. The molecule has 0 bridgehead atoms. The second kappa shape index (κ2) is 8.56. The molecule has 0 aromatic carbocycles. The Labute approximate surface area is 123 Å². The normalized spacial score (nSPS) is 18.4. The Balaban J connectivity index is 2.75. The van der Waals surface area contributed by atoms with Gasteiger partial charge in [-0.3, -0.25) is 4.57 Å². The van der Waals surface area contributed by atoms with E-state index in [1.54, 1.807) is 35.5 Å². The van der Waals surface area contributed by atoms with Crippen molar-refractivity contribution in [1.82, 2.24) is 4.57 Å². The Morgan fingerprint density at radius 2 is 1.30 bits per heavy atom. The standard InChI is InChI=1S/C11H27NO6Si2/c1-13-19(14-2,12-6-8-18-9-7-12)10-11-20(15-3,16-4)17-5/h6-11H2,1-5H3. The SMILES string of the molecule is CO[Si](CC[Si](OC)(OC)N1CCOCC1)(OC)OC. The van der Waals surface area contributed by atoms with Crippen LogP contribution in [0.15, 0.2) is 0 Å². The Hall–Kier alpha value is 0.154. The Morgan fingerprint density at radius 3 is 1.70 bits per heavy atom. The van der Waals surface area contributed by atoms with Crippen LogP contribution in [0.4, 0.5) is 0 Å². The Bertz CT molecular complexity index is 261. The van der Waals surface area contributed by atoms with Crippen molar-refractivity contribution in [3.05, 3.63) is 0 Å². The van der Waals surface area contributed by atoms with Gasteiger partial charge in [0.15, 0.2) is 0 Å². The molecular weight excluding hydrogens is 298 g/mol. The van der Waals surface area contributed by atoms with Crippen molar-refractivity contribution in [3.63, 3.8) is 0 Å². The molecule has 7 nitrogen and oxygen atoms in total. The molecule has 20 heavy (non-hydrogen) atoms. The highest BCUT2D eigenvalue weighted by Gasteiger charge is 2.49. The number of nitrogens with zero attached hydrogens (tertiary/aromatic N) is 1. The van der Waals surface area contributed by atoms with Gasteiger partial charge in [0, 0.05) is 60.7 Å². The lowest BCUT2D eigenvalue weighted by atomic mass is 10.5. The van der Waals surface area contributed by atoms with Crippen LogP contribution in [-0.2, 0) is 26.9 Å². The topological polar surface area (TPSA) is 58.6 Å². The van der Waals surface area contributed by atoms with Crippen molar-refractivity contribution in [2.24, 2.45) is 0 Å². The van der Waals surface area contributed by atoms with Gasteiger partial charge in [-0.25, -0.2) is 0 Å². The molecule has 0 aromatic rings. The first-order valence-electron chi connectivity index (χ1n) is 6.70. The van der Waals surface area contributed by atoms with Crippen molar-refractivity contribution in [1.29, 1.82) is 0 Å². The Morgan fingerprint density at radius 1 is 0.800 bits per heavy atom. The molecule has 9 heteroatoms. The maximum absolute atomic E-state index is 5.80. The van der Waals surface area contributed by atoms with E-state index in [0.29, 0.717) is 19.3 Å². The number of rotatable bonds is 9. The molecule has 0 atom stereocenters. The van der Waals surface area contributed by atoms with E-state index in [0.717, 1.165) is 19.1 Å². The quantitative estimate of drug-likeness (QED) is 0.570. The van der Waals surface area contributed by atoms with Crippen LogP contribution in [0.2, 0.25) is 12.1 Å². The van der Waals surface area contributed by atoms with Gasteiger partial charge in [0.1, 0.15) is 0 Å². The van der Waals surface area contributed by atoms with Crippen LogP contribution in [0.5, 0.6) is 0 Å². The van der Waals surface area contributed by atoms with Crippen molar-refractivity contribution in [3.8, 4) is 0 Å². The second-order valence-corrected chi connectivity index (χ2v) is 11.0. The van der Waals surface area contributed by atoms with Gasteiger partial charge in [-0.15, -0.1) is 0 Å². The fourth-order valence-electron chi connectivity index (χ4n) is 2.48. The van der Waals surface area contributed by atoms with Crippen LogP contribution in [-0.4, -0.2) is 83.9 Å². The van der Waals surface area contributed by atoms with Crippen LogP contribution in [0.3, 0.4) is 0 Å². The highest BCUT2D eigenvalue weighted by atomic mass is 28.4. The average molecular weight is 326 g/mol. The largest absolute Gasteiger partial charge is 0.500 e. The van der Waals surface area contributed by atoms with E-state index in [9.17, 15) is 0 Å². The van der Waals surface area contributed by atoms with E-state index in [4.69, 9.17) is 26.9 Å². The molecule has 0 aromatic heterocycles. The van der Waals surface area contributed by atoms with Crippen LogP contribution >= 0.6 is 0 Å². The fourth-order valence-corrected chi connectivity index (χ4v) is 8.35. The van der Waals surface area contributed by atoms with Crippen LogP contribution in [0.25, 0.3) is 0 Å². The Kier molecular flexibility index (Phi) is 7.79. The second-order valence-electron chi connectivity index (χ2n) is 4.52. The summed E-state index contributed by atoms with van der Waals surface area (Å²) in [5.74, 6) is 0. The molecule has 0 unspecified atom stereocenters. The molecule has 1 heterocycles. The lowest BCUT2D eigenvalue weighted by Gasteiger charge is -2.40. The van der Waals surface area contributed by atoms with E-state index >= 15 is 0 Å². The third kappa shape index (κ3) is 4.09. The van der Waals surface area contributed by atoms with Gasteiger partial charge < -0.3 is 26.9 Å². The number of hydrogen-bond acceptors (Lipinski definition) is 7. The molecule has 1 rings (SSSR count). The smallest absolute Gasteiger partial charge is 0.386 e. The number of hydrogen-bond donors (Lipinski definition) is 0. The van der Waals surface area contributed by atoms with E-state index in [1.165, 1.54) is 0 Å². The van der Waals surface area contributed by atoms with E-state index in [-0.39, 0.29) is 0 Å². The number of ether oxygens (including phenoxy) is 1. The van der Waals surface area contributed by atoms with Crippen molar-refractivity contribution in [2.75, 3.05) is 61.9 Å². The molecule has 0 spiro atoms. The van der Waals surface area contributed by atoms with Gasteiger partial charge in [0.25, 0.3) is 0 Å². The minimum atomic E-state index is -2.61. The van der Waals surface area contributed by atoms with Crippen LogP contribution in [0, 0.1) is 0 Å². The van der Waals surface area contributed by atoms with E-state index < -0.39 is 17.5 Å². The molecule has 1 aliphatic heterocycles. The molecule has 0 aliphatic carbocycles. The van der Waals surface area contributed by atoms with Gasteiger partial charge >= 0.3 is 17.5 Å². The number of morpholine rings is 1. The zero-order valence-corrected chi connectivity index (χ0v) is 15.1. The lowest BCUT2D eigenvalue weighted by molar-refractivity contribution is 0.0399. The minimum absolute atomic E-state index is 0.668. The van der Waals surface area contributed by atoms with Gasteiger partial charge in [-0.05, 0) is 0 Å². The summed E-state index contributed by atoms with van der Waals surface area (Å²) < 4.78 is 35.7. The summed E-state index contributed by atoms with van der Waals surface area (Å²) in [6.07, 6.45) is 0. The van der Waals surface area contributed by atoms with Crippen LogP contribution < -0.4 is 0 Å². The zero-order valence-electron chi connectivity index (χ0n) is 13.1. The van der Waals surface area contributed by atoms with E-state index in [2.05, 4.69) is 4.57 Å². The molecule has 1 aliphatic rings. The molecule has 1 fully saturated rings. The maximum Gasteiger partial charge on any atom is 0.500 e. The maximum atomic E-state index is 5.80. The first-order valence-corrected chi connectivity index (χ1v) is 10.6. The average Bonchev–Trinajstić information content (AvgIpc) is 2.54. The molecule has 0 N–H and O–H groups in total. The highest BCUT2D eigenvalue weighted by Crippen LogP contribution is 2.26. The molecule has 0 amide bonds. The summed E-state index contributed by atoms with van der Waals surface area (Å²) in [6, 6.07) is 1.41. The molecule has 1 saturated heterocycles.